The smallest absolute Gasteiger partial charge is 0.331 e. The maximum Gasteiger partial charge on any atom is 0.331 e. The molecule has 7 nitrogen and oxygen atoms in total. The van der Waals surface area contributed by atoms with Crippen molar-refractivity contribution in [2.75, 3.05) is 19.5 Å². The molecule has 0 atom stereocenters. The minimum atomic E-state index is -3.66. The lowest BCUT2D eigenvalue weighted by molar-refractivity contribution is -0.132. The molecule has 36 heavy (non-hydrogen) atoms. The maximum absolute atomic E-state index is 12.2. The normalized spacial score (nSPS) is 11.8. The highest BCUT2D eigenvalue weighted by Crippen LogP contribution is 2.31. The quantitative estimate of drug-likeness (QED) is 0.164. The van der Waals surface area contributed by atoms with Crippen LogP contribution < -0.4 is 13.7 Å². The minimum absolute atomic E-state index is 0.0263. The van der Waals surface area contributed by atoms with E-state index in [0.717, 1.165) is 61.0 Å². The summed E-state index contributed by atoms with van der Waals surface area (Å²) in [4.78, 5) is 11.2. The van der Waals surface area contributed by atoms with Gasteiger partial charge >= 0.3 is 16.1 Å². The van der Waals surface area contributed by atoms with Crippen LogP contribution in [0.25, 0.3) is 6.08 Å². The number of hydrogen-bond acceptors (Lipinski definition) is 6. The average molecular weight is 519 g/mol. The fourth-order valence-electron chi connectivity index (χ4n) is 3.56. The highest BCUT2D eigenvalue weighted by molar-refractivity contribution is 7.87. The van der Waals surface area contributed by atoms with Gasteiger partial charge in [0.2, 0.25) is 0 Å². The van der Waals surface area contributed by atoms with Gasteiger partial charge < -0.3 is 18.8 Å². The van der Waals surface area contributed by atoms with E-state index in [2.05, 4.69) is 6.92 Å². The third-order valence-corrected chi connectivity index (χ3v) is 6.89. The van der Waals surface area contributed by atoms with Crippen molar-refractivity contribution >= 4 is 22.2 Å². The Bertz CT molecular complexity index is 1140. The molecule has 0 amide bonds. The van der Waals surface area contributed by atoms with Gasteiger partial charge in [-0.15, -0.1) is 0 Å². The van der Waals surface area contributed by atoms with Crippen LogP contribution in [0.15, 0.2) is 42.0 Å². The molecule has 1 N–H and O–H groups in total. The first-order valence-corrected chi connectivity index (χ1v) is 14.0. The van der Waals surface area contributed by atoms with Gasteiger partial charge in [-0.1, -0.05) is 44.9 Å². The van der Waals surface area contributed by atoms with Crippen LogP contribution in [0.4, 0.5) is 0 Å². The molecule has 0 radical (unpaired) electrons. The molecule has 0 aliphatic rings. The fraction of sp³-hybridized carbons (Fsp3) is 0.464. The van der Waals surface area contributed by atoms with Crippen molar-refractivity contribution in [3.63, 3.8) is 0 Å². The minimum Gasteiger partial charge on any atom is -0.493 e. The molecule has 198 valence electrons. The van der Waals surface area contributed by atoms with Gasteiger partial charge in [0, 0.05) is 5.57 Å². The molecule has 0 aliphatic heterocycles. The van der Waals surface area contributed by atoms with E-state index in [1.165, 1.54) is 7.11 Å². The topological polar surface area (TPSA) is 99.1 Å². The zero-order chi connectivity index (χ0) is 26.6. The van der Waals surface area contributed by atoms with Crippen molar-refractivity contribution in [3.8, 4) is 17.2 Å². The van der Waals surface area contributed by atoms with Crippen molar-refractivity contribution in [1.82, 2.24) is 0 Å². The number of aliphatic carboxylic acids is 1. The molecule has 2 aromatic carbocycles. The Morgan fingerprint density at radius 2 is 1.69 bits per heavy atom. The number of unbranched alkanes of at least 4 members (excludes halogenated alkanes) is 2. The van der Waals surface area contributed by atoms with Crippen LogP contribution in [0.1, 0.15) is 69.6 Å². The zero-order valence-electron chi connectivity index (χ0n) is 21.7. The van der Waals surface area contributed by atoms with Gasteiger partial charge in [0.05, 0.1) is 19.5 Å². The van der Waals surface area contributed by atoms with Gasteiger partial charge in [-0.2, -0.15) is 8.42 Å². The van der Waals surface area contributed by atoms with E-state index in [1.807, 2.05) is 37.3 Å². The summed E-state index contributed by atoms with van der Waals surface area (Å²) in [6, 6.07) is 11.1. The maximum atomic E-state index is 12.2. The molecule has 0 heterocycles. The van der Waals surface area contributed by atoms with Crippen LogP contribution >= 0.6 is 0 Å². The van der Waals surface area contributed by atoms with Gasteiger partial charge in [0.1, 0.15) is 5.75 Å². The lowest BCUT2D eigenvalue weighted by Crippen LogP contribution is -2.14. The van der Waals surface area contributed by atoms with Gasteiger partial charge in [-0.25, -0.2) is 4.79 Å². The van der Waals surface area contributed by atoms with Gasteiger partial charge in [0.15, 0.2) is 11.5 Å². The third kappa shape index (κ3) is 9.57. The highest BCUT2D eigenvalue weighted by atomic mass is 32.2. The third-order valence-electron chi connectivity index (χ3n) is 5.67. The summed E-state index contributed by atoms with van der Waals surface area (Å²) in [5, 5.41) is 9.16. The summed E-state index contributed by atoms with van der Waals surface area (Å²) in [5.74, 6) is 0.388. The largest absolute Gasteiger partial charge is 0.493 e. The van der Waals surface area contributed by atoms with Crippen LogP contribution in [-0.2, 0) is 27.8 Å². The number of aryl methyl sites for hydroxylation is 2. The number of carboxylic acid groups (broad SMARTS) is 1. The van der Waals surface area contributed by atoms with Crippen molar-refractivity contribution in [2.45, 2.75) is 65.7 Å². The molecule has 0 aliphatic carbocycles. The van der Waals surface area contributed by atoms with E-state index in [-0.39, 0.29) is 17.1 Å². The molecular formula is C28H38O7S. The van der Waals surface area contributed by atoms with E-state index >= 15 is 0 Å². The number of hydrogen-bond donors (Lipinski definition) is 1. The Hall–Kier alpha value is -3.00. The monoisotopic (exact) mass is 518 g/mol. The van der Waals surface area contributed by atoms with Crippen LogP contribution in [-0.4, -0.2) is 39.0 Å². The van der Waals surface area contributed by atoms with Gasteiger partial charge in [-0.05, 0) is 80.0 Å². The van der Waals surface area contributed by atoms with Crippen molar-refractivity contribution < 1.29 is 32.0 Å². The summed E-state index contributed by atoms with van der Waals surface area (Å²) in [5.41, 5.74) is 3.13. The number of benzene rings is 2. The molecule has 0 bridgehead atoms. The lowest BCUT2D eigenvalue weighted by atomic mass is 10.0. The summed E-state index contributed by atoms with van der Waals surface area (Å²) in [7, 11) is -2.16. The van der Waals surface area contributed by atoms with Crippen molar-refractivity contribution in [1.29, 1.82) is 0 Å². The second-order valence-electron chi connectivity index (χ2n) is 8.74. The summed E-state index contributed by atoms with van der Waals surface area (Å²) in [6.07, 6.45) is 7.28. The van der Waals surface area contributed by atoms with Gasteiger partial charge in [0.25, 0.3) is 0 Å². The average Bonchev–Trinajstić information content (AvgIpc) is 2.84. The molecule has 0 aromatic heterocycles. The molecular weight excluding hydrogens is 480 g/mol. The molecule has 0 saturated heterocycles. The predicted octanol–water partition coefficient (Wildman–Crippen LogP) is 6.05. The fourth-order valence-corrected chi connectivity index (χ4v) is 4.70. The molecule has 0 saturated carbocycles. The Balaban J connectivity index is 2.10. The molecule has 0 unspecified atom stereocenters. The number of carboxylic acids is 1. The molecule has 0 fully saturated rings. The Morgan fingerprint density at radius 3 is 2.36 bits per heavy atom. The number of carbonyl (C=O) groups is 1. The van der Waals surface area contributed by atoms with Crippen LogP contribution in [0, 0.1) is 0 Å². The Labute approximate surface area is 215 Å². The van der Waals surface area contributed by atoms with E-state index in [0.29, 0.717) is 18.8 Å². The first kappa shape index (κ1) is 29.2. The second kappa shape index (κ2) is 14.5. The number of methoxy groups -OCH3 is 1. The standard InChI is InChI=1S/C28H38O7S/c1-5-7-16-34-26-20-23(18-21(3)28(29)30)12-14-24(26)11-9-10-22-13-15-25(27(19-22)33-4)35-36(31,32)17-8-6-2/h12-15,18-20H,5-11,16-17H2,1-4H3,(H,29,30)/b21-18+. The van der Waals surface area contributed by atoms with E-state index in [4.69, 9.17) is 18.8 Å². The van der Waals surface area contributed by atoms with Crippen LogP contribution in [0.2, 0.25) is 0 Å². The highest BCUT2D eigenvalue weighted by Gasteiger charge is 2.16. The van der Waals surface area contributed by atoms with Gasteiger partial charge in [-0.3, -0.25) is 0 Å². The second-order valence-corrected chi connectivity index (χ2v) is 10.4. The number of rotatable bonds is 16. The molecule has 2 aromatic rings. The van der Waals surface area contributed by atoms with E-state index in [1.54, 1.807) is 19.1 Å². The van der Waals surface area contributed by atoms with Crippen LogP contribution in [0.5, 0.6) is 17.2 Å². The summed E-state index contributed by atoms with van der Waals surface area (Å²) < 4.78 is 41.0. The Kier molecular flexibility index (Phi) is 11.8. The summed E-state index contributed by atoms with van der Waals surface area (Å²) >= 11 is 0. The lowest BCUT2D eigenvalue weighted by Gasteiger charge is -2.14. The van der Waals surface area contributed by atoms with E-state index < -0.39 is 16.1 Å². The SMILES string of the molecule is CCCCOc1cc(/C=C(\C)C(=O)O)ccc1CCCc1ccc(OS(=O)(=O)CCCC)c(OC)c1. The van der Waals surface area contributed by atoms with Crippen LogP contribution in [0.3, 0.4) is 0 Å². The Morgan fingerprint density at radius 1 is 0.944 bits per heavy atom. The number of ether oxygens (including phenoxy) is 2. The van der Waals surface area contributed by atoms with Crippen molar-refractivity contribution in [3.05, 3.63) is 58.7 Å². The molecule has 8 heteroatoms. The predicted molar refractivity (Wildman–Crippen MR) is 142 cm³/mol. The first-order chi connectivity index (χ1) is 17.2. The molecule has 2 rings (SSSR count). The first-order valence-electron chi connectivity index (χ1n) is 12.5. The molecule has 0 spiro atoms. The van der Waals surface area contributed by atoms with E-state index in [9.17, 15) is 13.2 Å². The van der Waals surface area contributed by atoms with Crippen molar-refractivity contribution in [2.24, 2.45) is 0 Å². The zero-order valence-corrected chi connectivity index (χ0v) is 22.5. The summed E-state index contributed by atoms with van der Waals surface area (Å²) in [6.45, 7) is 6.20.